The third kappa shape index (κ3) is 3.94. The van der Waals surface area contributed by atoms with Crippen LogP contribution in [0.3, 0.4) is 0 Å². The van der Waals surface area contributed by atoms with Crippen molar-refractivity contribution in [3.05, 3.63) is 78.9 Å². The Morgan fingerprint density at radius 1 is 0.875 bits per heavy atom. The summed E-state index contributed by atoms with van der Waals surface area (Å²) in [6.45, 7) is 0. The molecule has 5 rings (SSSR count). The number of hydrogen-bond acceptors (Lipinski definition) is 4. The molecule has 2 unspecified atom stereocenters. The van der Waals surface area contributed by atoms with Gasteiger partial charge in [-0.3, -0.25) is 19.3 Å². The summed E-state index contributed by atoms with van der Waals surface area (Å²) >= 11 is 1.41. The Labute approximate surface area is 190 Å². The van der Waals surface area contributed by atoms with Gasteiger partial charge < -0.3 is 5.32 Å². The molecule has 5 nitrogen and oxygen atoms in total. The number of nitrogens with zero attached hydrogens (tertiary/aromatic N) is 1. The quantitative estimate of drug-likeness (QED) is 0.342. The molecular weight excluding hydrogens is 420 g/mol. The van der Waals surface area contributed by atoms with Crippen molar-refractivity contribution in [3.63, 3.8) is 0 Å². The Morgan fingerprint density at radius 3 is 2.22 bits per heavy atom. The van der Waals surface area contributed by atoms with Crippen molar-refractivity contribution in [2.75, 3.05) is 16.0 Å². The zero-order valence-electron chi connectivity index (χ0n) is 17.4. The van der Waals surface area contributed by atoms with Crippen LogP contribution in [0.1, 0.15) is 12.8 Å². The summed E-state index contributed by atoms with van der Waals surface area (Å²) in [5.41, 5.74) is 1.37. The van der Waals surface area contributed by atoms with E-state index in [4.69, 9.17) is 0 Å². The molecule has 160 valence electrons. The number of rotatable bonds is 5. The Morgan fingerprint density at radius 2 is 1.53 bits per heavy atom. The highest BCUT2D eigenvalue weighted by atomic mass is 32.2. The number of allylic oxidation sites excluding steroid dienone is 2. The first-order valence-electron chi connectivity index (χ1n) is 10.6. The maximum absolute atomic E-state index is 12.7. The smallest absolute Gasteiger partial charge is 0.238 e. The first-order valence-corrected chi connectivity index (χ1v) is 11.6. The maximum atomic E-state index is 12.7. The first kappa shape index (κ1) is 20.5. The van der Waals surface area contributed by atoms with Crippen molar-refractivity contribution in [2.24, 2.45) is 11.8 Å². The molecule has 1 heterocycles. The van der Waals surface area contributed by atoms with Crippen LogP contribution in [0.4, 0.5) is 11.4 Å². The van der Waals surface area contributed by atoms with Gasteiger partial charge in [0.2, 0.25) is 17.7 Å². The summed E-state index contributed by atoms with van der Waals surface area (Å²) < 4.78 is 0. The molecule has 1 aliphatic carbocycles. The molecule has 0 radical (unpaired) electrons. The number of hydrogen-bond donors (Lipinski definition) is 1. The van der Waals surface area contributed by atoms with Crippen LogP contribution >= 0.6 is 11.8 Å². The van der Waals surface area contributed by atoms with E-state index in [1.165, 1.54) is 16.7 Å². The van der Waals surface area contributed by atoms with Crippen molar-refractivity contribution < 1.29 is 14.4 Å². The van der Waals surface area contributed by atoms with Gasteiger partial charge in [-0.05, 0) is 60.0 Å². The molecule has 3 aromatic carbocycles. The van der Waals surface area contributed by atoms with E-state index in [1.54, 1.807) is 12.1 Å². The molecule has 32 heavy (non-hydrogen) atoms. The number of anilines is 2. The Balaban J connectivity index is 1.20. The molecule has 2 aliphatic rings. The maximum Gasteiger partial charge on any atom is 0.238 e. The molecule has 1 saturated heterocycles. The second kappa shape index (κ2) is 8.63. The number of fused-ring (bicyclic) bond motifs is 2. The van der Waals surface area contributed by atoms with E-state index >= 15 is 0 Å². The SMILES string of the molecule is O=C(CSc1ccc(N2C(=O)C3CC=CCC3C2=O)cc1)Nc1ccc2ccccc2c1. The number of benzene rings is 3. The average molecular weight is 443 g/mol. The van der Waals surface area contributed by atoms with Gasteiger partial charge in [0.1, 0.15) is 0 Å². The lowest BCUT2D eigenvalue weighted by Gasteiger charge is -2.15. The highest BCUT2D eigenvalue weighted by Gasteiger charge is 2.47. The molecule has 0 saturated carbocycles. The van der Waals surface area contributed by atoms with E-state index in [-0.39, 0.29) is 35.3 Å². The van der Waals surface area contributed by atoms with Gasteiger partial charge in [0.25, 0.3) is 0 Å². The molecule has 3 amide bonds. The van der Waals surface area contributed by atoms with Crippen LogP contribution in [0.5, 0.6) is 0 Å². The second-order valence-corrected chi connectivity index (χ2v) is 9.11. The summed E-state index contributed by atoms with van der Waals surface area (Å²) in [5.74, 6) is -0.514. The first-order chi connectivity index (χ1) is 15.6. The van der Waals surface area contributed by atoms with Gasteiger partial charge in [0, 0.05) is 10.6 Å². The number of carbonyl (C=O) groups is 3. The number of imide groups is 1. The van der Waals surface area contributed by atoms with Gasteiger partial charge in [-0.1, -0.05) is 42.5 Å². The lowest BCUT2D eigenvalue weighted by molar-refractivity contribution is -0.122. The summed E-state index contributed by atoms with van der Waals surface area (Å²) in [7, 11) is 0. The van der Waals surface area contributed by atoms with Gasteiger partial charge in [-0.25, -0.2) is 0 Å². The monoisotopic (exact) mass is 442 g/mol. The molecule has 0 bridgehead atoms. The molecule has 0 spiro atoms. The fourth-order valence-electron chi connectivity index (χ4n) is 4.36. The van der Waals surface area contributed by atoms with Gasteiger partial charge >= 0.3 is 0 Å². The summed E-state index contributed by atoms with van der Waals surface area (Å²) in [6.07, 6.45) is 5.23. The van der Waals surface area contributed by atoms with Crippen LogP contribution in [0.15, 0.2) is 83.8 Å². The normalized spacial score (nSPS) is 19.9. The van der Waals surface area contributed by atoms with Crippen molar-refractivity contribution in [2.45, 2.75) is 17.7 Å². The molecule has 6 heteroatoms. The predicted octanol–water partition coefficient (Wildman–Crippen LogP) is 5.03. The van der Waals surface area contributed by atoms with E-state index in [0.717, 1.165) is 21.4 Å². The van der Waals surface area contributed by atoms with E-state index in [0.29, 0.717) is 18.5 Å². The molecule has 3 aromatic rings. The lowest BCUT2D eigenvalue weighted by Crippen LogP contribution is -2.30. The van der Waals surface area contributed by atoms with Crippen LogP contribution in [0.2, 0.25) is 0 Å². The van der Waals surface area contributed by atoms with Crippen molar-refractivity contribution in [3.8, 4) is 0 Å². The zero-order chi connectivity index (χ0) is 22.1. The highest BCUT2D eigenvalue weighted by Crippen LogP contribution is 2.38. The molecular formula is C26H22N2O3S. The summed E-state index contributed by atoms with van der Waals surface area (Å²) in [5, 5.41) is 5.15. The fourth-order valence-corrected chi connectivity index (χ4v) is 5.06. The zero-order valence-corrected chi connectivity index (χ0v) is 18.2. The number of thioether (sulfide) groups is 1. The number of amides is 3. The van der Waals surface area contributed by atoms with Gasteiger partial charge in [-0.15, -0.1) is 11.8 Å². The third-order valence-electron chi connectivity index (χ3n) is 6.01. The van der Waals surface area contributed by atoms with Crippen LogP contribution < -0.4 is 10.2 Å². The van der Waals surface area contributed by atoms with Crippen molar-refractivity contribution in [1.29, 1.82) is 0 Å². The van der Waals surface area contributed by atoms with Crippen LogP contribution in [-0.2, 0) is 14.4 Å². The number of nitrogens with one attached hydrogen (secondary N) is 1. The van der Waals surface area contributed by atoms with Crippen molar-refractivity contribution >= 4 is 51.6 Å². The minimum absolute atomic E-state index is 0.0872. The summed E-state index contributed by atoms with van der Waals surface area (Å²) in [6, 6.07) is 21.1. The average Bonchev–Trinajstić information content (AvgIpc) is 3.08. The Kier molecular flexibility index (Phi) is 5.53. The largest absolute Gasteiger partial charge is 0.325 e. The second-order valence-electron chi connectivity index (χ2n) is 8.06. The predicted molar refractivity (Wildman–Crippen MR) is 128 cm³/mol. The van der Waals surface area contributed by atoms with Crippen LogP contribution in [0, 0.1) is 11.8 Å². The Bertz CT molecular complexity index is 1210. The molecule has 1 N–H and O–H groups in total. The lowest BCUT2D eigenvalue weighted by atomic mass is 9.85. The molecule has 2 atom stereocenters. The highest BCUT2D eigenvalue weighted by molar-refractivity contribution is 8.00. The van der Waals surface area contributed by atoms with E-state index in [1.807, 2.05) is 66.7 Å². The Hall–Kier alpha value is -3.38. The molecule has 1 fully saturated rings. The van der Waals surface area contributed by atoms with Crippen molar-refractivity contribution in [1.82, 2.24) is 0 Å². The van der Waals surface area contributed by atoms with E-state index < -0.39 is 0 Å². The molecule has 1 aliphatic heterocycles. The third-order valence-corrected chi connectivity index (χ3v) is 7.02. The van der Waals surface area contributed by atoms with Crippen LogP contribution in [0.25, 0.3) is 10.8 Å². The van der Waals surface area contributed by atoms with Gasteiger partial charge in [-0.2, -0.15) is 0 Å². The minimum Gasteiger partial charge on any atom is -0.325 e. The van der Waals surface area contributed by atoms with Crippen LogP contribution in [-0.4, -0.2) is 23.5 Å². The van der Waals surface area contributed by atoms with Gasteiger partial charge in [0.15, 0.2) is 0 Å². The minimum atomic E-state index is -0.236. The fraction of sp³-hybridized carbons (Fsp3) is 0.192. The van der Waals surface area contributed by atoms with Gasteiger partial charge in [0.05, 0.1) is 23.3 Å². The van der Waals surface area contributed by atoms with E-state index in [9.17, 15) is 14.4 Å². The standard InChI is InChI=1S/C26H22N2O3S/c29-24(27-19-10-9-17-5-1-2-6-18(17)15-19)16-32-21-13-11-20(12-14-21)28-25(30)22-7-3-4-8-23(22)26(28)31/h1-6,9-15,22-23H,7-8,16H2,(H,27,29). The summed E-state index contributed by atoms with van der Waals surface area (Å²) in [4.78, 5) is 40.1. The number of carbonyl (C=O) groups excluding carboxylic acids is 3. The van der Waals surface area contributed by atoms with E-state index in [2.05, 4.69) is 5.32 Å². The molecule has 0 aromatic heterocycles. The topological polar surface area (TPSA) is 66.5 Å².